The zero-order valence-corrected chi connectivity index (χ0v) is 9.75. The topological polar surface area (TPSA) is 12.9 Å². The highest BCUT2D eigenvalue weighted by atomic mass is 79.9. The summed E-state index contributed by atoms with van der Waals surface area (Å²) in [6, 6.07) is 11.1. The van der Waals surface area contributed by atoms with Crippen molar-refractivity contribution < 1.29 is 4.39 Å². The molecular weight excluding hydrogens is 257 g/mol. The molecule has 2 aromatic rings. The van der Waals surface area contributed by atoms with Gasteiger partial charge in [-0.15, -0.1) is 0 Å². The van der Waals surface area contributed by atoms with Crippen LogP contribution in [0.5, 0.6) is 0 Å². The minimum atomic E-state index is -0.437. The summed E-state index contributed by atoms with van der Waals surface area (Å²) >= 11 is 3.36. The Balaban J connectivity index is 2.49. The van der Waals surface area contributed by atoms with E-state index < -0.39 is 5.95 Å². The van der Waals surface area contributed by atoms with E-state index in [1.807, 2.05) is 30.3 Å². The predicted molar refractivity (Wildman–Crippen MR) is 62.1 cm³/mol. The molecule has 76 valence electrons. The van der Waals surface area contributed by atoms with Gasteiger partial charge in [0, 0.05) is 16.2 Å². The second-order valence-corrected chi connectivity index (χ2v) is 4.24. The molecular formula is C12H9BrFN. The summed E-state index contributed by atoms with van der Waals surface area (Å²) in [5, 5.41) is 0. The number of halogens is 2. The van der Waals surface area contributed by atoms with Gasteiger partial charge in [-0.3, -0.25) is 0 Å². The van der Waals surface area contributed by atoms with E-state index in [2.05, 4.69) is 20.9 Å². The first kappa shape index (κ1) is 10.3. The van der Waals surface area contributed by atoms with Crippen LogP contribution >= 0.6 is 15.9 Å². The van der Waals surface area contributed by atoms with E-state index in [1.54, 1.807) is 6.92 Å². The molecule has 0 atom stereocenters. The zero-order valence-electron chi connectivity index (χ0n) is 8.17. The van der Waals surface area contributed by atoms with Crippen molar-refractivity contribution in [2.24, 2.45) is 0 Å². The third kappa shape index (κ3) is 2.42. The van der Waals surface area contributed by atoms with Crippen molar-refractivity contribution in [2.75, 3.05) is 0 Å². The lowest BCUT2D eigenvalue weighted by atomic mass is 10.1. The number of pyridine rings is 1. The maximum atomic E-state index is 13.1. The van der Waals surface area contributed by atoms with Gasteiger partial charge in [-0.2, -0.15) is 4.39 Å². The van der Waals surface area contributed by atoms with Gasteiger partial charge in [0.15, 0.2) is 0 Å². The molecule has 1 aromatic heterocycles. The van der Waals surface area contributed by atoms with Gasteiger partial charge < -0.3 is 0 Å². The van der Waals surface area contributed by atoms with Crippen molar-refractivity contribution in [1.29, 1.82) is 0 Å². The summed E-state index contributed by atoms with van der Waals surface area (Å²) in [5.74, 6) is -0.437. The molecule has 0 unspecified atom stereocenters. The highest BCUT2D eigenvalue weighted by Gasteiger charge is 2.01. The van der Waals surface area contributed by atoms with Crippen LogP contribution in [0, 0.1) is 12.9 Å². The smallest absolute Gasteiger partial charge is 0.213 e. The molecule has 1 aromatic carbocycles. The van der Waals surface area contributed by atoms with Gasteiger partial charge in [0.2, 0.25) is 5.95 Å². The average Bonchev–Trinajstić information content (AvgIpc) is 2.17. The quantitative estimate of drug-likeness (QED) is 0.712. The monoisotopic (exact) mass is 265 g/mol. The summed E-state index contributed by atoms with van der Waals surface area (Å²) < 4.78 is 14.1. The fraction of sp³-hybridized carbons (Fsp3) is 0.0833. The van der Waals surface area contributed by atoms with Crippen molar-refractivity contribution >= 4 is 15.9 Å². The van der Waals surface area contributed by atoms with E-state index in [1.165, 1.54) is 6.07 Å². The molecule has 0 saturated carbocycles. The summed E-state index contributed by atoms with van der Waals surface area (Å²) in [6.07, 6.45) is 0. The molecule has 0 aliphatic rings. The van der Waals surface area contributed by atoms with Crippen molar-refractivity contribution in [3.05, 3.63) is 52.5 Å². The highest BCUT2D eigenvalue weighted by molar-refractivity contribution is 9.10. The second-order valence-electron chi connectivity index (χ2n) is 3.33. The maximum absolute atomic E-state index is 13.1. The van der Waals surface area contributed by atoms with Gasteiger partial charge >= 0.3 is 0 Å². The van der Waals surface area contributed by atoms with Crippen LogP contribution in [-0.2, 0) is 0 Å². The summed E-state index contributed by atoms with van der Waals surface area (Å²) in [6.45, 7) is 1.78. The van der Waals surface area contributed by atoms with Gasteiger partial charge in [0.25, 0.3) is 0 Å². The lowest BCUT2D eigenvalue weighted by Crippen LogP contribution is -1.88. The van der Waals surface area contributed by atoms with Crippen LogP contribution in [0.1, 0.15) is 5.69 Å². The fourth-order valence-electron chi connectivity index (χ4n) is 1.44. The number of hydrogen-bond donors (Lipinski definition) is 0. The molecule has 1 heterocycles. The Kier molecular flexibility index (Phi) is 2.82. The van der Waals surface area contributed by atoms with Gasteiger partial charge in [-0.1, -0.05) is 28.1 Å². The van der Waals surface area contributed by atoms with Crippen molar-refractivity contribution in [3.8, 4) is 11.1 Å². The summed E-state index contributed by atoms with van der Waals surface area (Å²) in [7, 11) is 0. The number of benzene rings is 1. The minimum absolute atomic E-state index is 0.437. The van der Waals surface area contributed by atoms with Crippen LogP contribution < -0.4 is 0 Å². The minimum Gasteiger partial charge on any atom is -0.225 e. The Morgan fingerprint density at radius 3 is 2.33 bits per heavy atom. The first-order valence-electron chi connectivity index (χ1n) is 4.55. The van der Waals surface area contributed by atoms with Crippen LogP contribution in [0.3, 0.4) is 0 Å². The third-order valence-corrected chi connectivity index (χ3v) is 2.63. The molecule has 3 heteroatoms. The van der Waals surface area contributed by atoms with E-state index in [4.69, 9.17) is 0 Å². The molecule has 0 aliphatic heterocycles. The molecule has 0 fully saturated rings. The van der Waals surface area contributed by atoms with Gasteiger partial charge in [0.05, 0.1) is 0 Å². The fourth-order valence-corrected chi connectivity index (χ4v) is 1.70. The third-order valence-electron chi connectivity index (χ3n) is 2.10. The van der Waals surface area contributed by atoms with Crippen LogP contribution in [0.4, 0.5) is 4.39 Å². The zero-order chi connectivity index (χ0) is 10.8. The normalized spacial score (nSPS) is 10.3. The Morgan fingerprint density at radius 2 is 1.73 bits per heavy atom. The molecule has 0 radical (unpaired) electrons. The lowest BCUT2D eigenvalue weighted by molar-refractivity contribution is 0.581. The van der Waals surface area contributed by atoms with E-state index in [0.29, 0.717) is 5.69 Å². The molecule has 0 amide bonds. The van der Waals surface area contributed by atoms with Crippen molar-refractivity contribution in [2.45, 2.75) is 6.92 Å². The largest absolute Gasteiger partial charge is 0.225 e. The average molecular weight is 266 g/mol. The highest BCUT2D eigenvalue weighted by Crippen LogP contribution is 2.22. The number of hydrogen-bond acceptors (Lipinski definition) is 1. The Morgan fingerprint density at radius 1 is 1.07 bits per heavy atom. The van der Waals surface area contributed by atoms with Crippen molar-refractivity contribution in [1.82, 2.24) is 4.98 Å². The Hall–Kier alpha value is -1.22. The standard InChI is InChI=1S/C12H9BrFN/c1-8-6-10(7-12(14)15-8)9-2-4-11(13)5-3-9/h2-7H,1H3. The molecule has 1 nitrogen and oxygen atoms in total. The molecule has 0 N–H and O–H groups in total. The lowest BCUT2D eigenvalue weighted by Gasteiger charge is -2.03. The van der Waals surface area contributed by atoms with Crippen LogP contribution in [0.2, 0.25) is 0 Å². The molecule has 15 heavy (non-hydrogen) atoms. The predicted octanol–water partition coefficient (Wildman–Crippen LogP) is 3.96. The molecule has 0 aliphatic carbocycles. The number of nitrogens with zero attached hydrogens (tertiary/aromatic N) is 1. The second kappa shape index (κ2) is 4.11. The van der Waals surface area contributed by atoms with E-state index in [-0.39, 0.29) is 0 Å². The molecule has 0 spiro atoms. The first-order valence-corrected chi connectivity index (χ1v) is 5.34. The van der Waals surface area contributed by atoms with Gasteiger partial charge in [-0.05, 0) is 36.2 Å². The Labute approximate surface area is 96.1 Å². The first-order chi connectivity index (χ1) is 7.15. The summed E-state index contributed by atoms with van der Waals surface area (Å²) in [4.78, 5) is 3.70. The molecule has 0 bridgehead atoms. The van der Waals surface area contributed by atoms with Crippen LogP contribution in [0.25, 0.3) is 11.1 Å². The van der Waals surface area contributed by atoms with E-state index in [0.717, 1.165) is 15.6 Å². The maximum Gasteiger partial charge on any atom is 0.213 e. The van der Waals surface area contributed by atoms with Gasteiger partial charge in [0.1, 0.15) is 0 Å². The molecule has 2 rings (SSSR count). The van der Waals surface area contributed by atoms with E-state index in [9.17, 15) is 4.39 Å². The SMILES string of the molecule is Cc1cc(-c2ccc(Br)cc2)cc(F)n1. The summed E-state index contributed by atoms with van der Waals surface area (Å²) in [5.41, 5.74) is 2.53. The number of aryl methyl sites for hydroxylation is 1. The van der Waals surface area contributed by atoms with Crippen molar-refractivity contribution in [3.63, 3.8) is 0 Å². The number of rotatable bonds is 1. The molecule has 0 saturated heterocycles. The number of aromatic nitrogens is 1. The van der Waals surface area contributed by atoms with Crippen LogP contribution in [0.15, 0.2) is 40.9 Å². The van der Waals surface area contributed by atoms with Gasteiger partial charge in [-0.25, -0.2) is 4.98 Å². The Bertz CT molecular complexity index is 459. The van der Waals surface area contributed by atoms with E-state index >= 15 is 0 Å². The van der Waals surface area contributed by atoms with Crippen LogP contribution in [-0.4, -0.2) is 4.98 Å².